The Kier molecular flexibility index (Phi) is 6.98. The van der Waals surface area contributed by atoms with Gasteiger partial charge in [-0.05, 0) is 38.6 Å². The van der Waals surface area contributed by atoms with E-state index in [0.717, 1.165) is 41.7 Å². The summed E-state index contributed by atoms with van der Waals surface area (Å²) in [5.74, 6) is 0.383. The second-order valence-corrected chi connectivity index (χ2v) is 8.47. The molecule has 0 unspecified atom stereocenters. The smallest absolute Gasteiger partial charge is 0.345 e. The van der Waals surface area contributed by atoms with Crippen LogP contribution in [0.25, 0.3) is 22.2 Å². The van der Waals surface area contributed by atoms with Crippen LogP contribution in [-0.2, 0) is 16.0 Å². The number of ether oxygens (including phenoxy) is 2. The number of fused-ring (bicyclic) bond motifs is 1. The molecule has 0 saturated carbocycles. The Morgan fingerprint density at radius 1 is 1.28 bits per heavy atom. The van der Waals surface area contributed by atoms with Gasteiger partial charge in [-0.25, -0.2) is 4.98 Å². The lowest BCUT2D eigenvalue weighted by molar-refractivity contribution is -0.130. The first-order valence-electron chi connectivity index (χ1n) is 10.8. The van der Waals surface area contributed by atoms with Crippen molar-refractivity contribution in [2.45, 2.75) is 38.6 Å². The molecule has 3 heterocycles. The zero-order valence-corrected chi connectivity index (χ0v) is 18.6. The Morgan fingerprint density at radius 2 is 2.06 bits per heavy atom. The minimum absolute atomic E-state index is 0.138. The highest BCUT2D eigenvalue weighted by atomic mass is 19.3. The molecule has 4 rings (SSSR count). The zero-order chi connectivity index (χ0) is 22.7. The van der Waals surface area contributed by atoms with Gasteiger partial charge in [-0.2, -0.15) is 13.8 Å². The van der Waals surface area contributed by atoms with Crippen LogP contribution in [0.5, 0.6) is 0 Å². The number of anilines is 1. The van der Waals surface area contributed by atoms with E-state index in [0.29, 0.717) is 12.6 Å². The van der Waals surface area contributed by atoms with E-state index in [1.54, 1.807) is 13.1 Å². The molecule has 3 aromatic rings. The second kappa shape index (κ2) is 9.89. The van der Waals surface area contributed by atoms with E-state index < -0.39 is 6.61 Å². The number of hydrogen-bond donors (Lipinski definition) is 1. The highest BCUT2D eigenvalue weighted by Gasteiger charge is 2.23. The van der Waals surface area contributed by atoms with Gasteiger partial charge in [0.05, 0.1) is 19.3 Å². The van der Waals surface area contributed by atoms with Crippen LogP contribution in [0, 0.1) is 0 Å². The van der Waals surface area contributed by atoms with Crippen LogP contribution in [0.4, 0.5) is 14.7 Å². The summed E-state index contributed by atoms with van der Waals surface area (Å²) >= 11 is 0. The molecule has 0 aliphatic carbocycles. The second-order valence-electron chi connectivity index (χ2n) is 8.47. The van der Waals surface area contributed by atoms with Crippen molar-refractivity contribution in [3.63, 3.8) is 0 Å². The summed E-state index contributed by atoms with van der Waals surface area (Å²) in [7, 11) is 4.10. The van der Waals surface area contributed by atoms with E-state index in [1.165, 1.54) is 5.56 Å². The summed E-state index contributed by atoms with van der Waals surface area (Å²) in [5.41, 5.74) is 4.20. The lowest BCUT2D eigenvalue weighted by Crippen LogP contribution is -2.24. The topological polar surface area (TPSA) is 64.4 Å². The van der Waals surface area contributed by atoms with Gasteiger partial charge >= 0.3 is 6.61 Å². The molecule has 1 aromatic carbocycles. The minimum atomic E-state index is -2.80. The van der Waals surface area contributed by atoms with Crippen LogP contribution in [0.15, 0.2) is 36.7 Å². The molecule has 9 heteroatoms. The molecular formula is C23H29F2N5O2. The summed E-state index contributed by atoms with van der Waals surface area (Å²) in [6.45, 7) is 1.05. The molecule has 1 aliphatic heterocycles. The van der Waals surface area contributed by atoms with E-state index in [4.69, 9.17) is 9.72 Å². The summed E-state index contributed by atoms with van der Waals surface area (Å²) in [4.78, 5) is 11.3. The van der Waals surface area contributed by atoms with E-state index in [-0.39, 0.29) is 18.7 Å². The Bertz CT molecular complexity index is 1030. The maximum atomic E-state index is 12.3. The van der Waals surface area contributed by atoms with Crippen LogP contribution < -0.4 is 5.32 Å². The number of alkyl halides is 2. The number of halogens is 2. The average molecular weight is 446 g/mol. The van der Waals surface area contributed by atoms with Crippen molar-refractivity contribution >= 4 is 17.0 Å². The van der Waals surface area contributed by atoms with Gasteiger partial charge in [0.2, 0.25) is 5.95 Å². The third kappa shape index (κ3) is 5.23. The third-order valence-electron chi connectivity index (χ3n) is 5.48. The number of benzene rings is 1. The van der Waals surface area contributed by atoms with Gasteiger partial charge < -0.3 is 24.3 Å². The Hall–Kier alpha value is -2.62. The fourth-order valence-corrected chi connectivity index (χ4v) is 3.98. The Morgan fingerprint density at radius 3 is 2.72 bits per heavy atom. The highest BCUT2D eigenvalue weighted by Crippen LogP contribution is 2.34. The zero-order valence-electron chi connectivity index (χ0n) is 18.6. The number of nitrogens with one attached hydrogen (secondary N) is 1. The Balaban J connectivity index is 1.66. The monoisotopic (exact) mass is 445 g/mol. The average Bonchev–Trinajstić information content (AvgIpc) is 3.40. The first-order chi connectivity index (χ1) is 15.4. The van der Waals surface area contributed by atoms with Crippen LogP contribution in [0.1, 0.15) is 24.9 Å². The third-order valence-corrected chi connectivity index (χ3v) is 5.48. The number of hydrogen-bond acceptors (Lipinski definition) is 6. The number of nitrogens with zero attached hydrogens (tertiary/aromatic N) is 4. The Labute approximate surface area is 186 Å². The summed E-state index contributed by atoms with van der Waals surface area (Å²) < 4.78 is 36.8. The molecule has 0 spiro atoms. The van der Waals surface area contributed by atoms with E-state index in [2.05, 4.69) is 69.1 Å². The molecule has 1 aliphatic rings. The fourth-order valence-electron chi connectivity index (χ4n) is 3.98. The minimum Gasteiger partial charge on any atom is -0.379 e. The predicted octanol–water partition coefficient (Wildman–Crippen LogP) is 4.16. The molecule has 0 amide bonds. The quantitative estimate of drug-likeness (QED) is 0.534. The fraction of sp³-hybridized carbons (Fsp3) is 0.478. The molecule has 2 aromatic heterocycles. The molecule has 172 valence electrons. The van der Waals surface area contributed by atoms with Crippen molar-refractivity contribution in [2.24, 2.45) is 0 Å². The van der Waals surface area contributed by atoms with Crippen molar-refractivity contribution in [1.82, 2.24) is 19.4 Å². The summed E-state index contributed by atoms with van der Waals surface area (Å²) in [6.07, 6.45) is 4.82. The molecule has 1 fully saturated rings. The normalized spacial score (nSPS) is 17.5. The van der Waals surface area contributed by atoms with E-state index in [1.807, 2.05) is 0 Å². The van der Waals surface area contributed by atoms with Gasteiger partial charge in [0, 0.05) is 42.5 Å². The summed E-state index contributed by atoms with van der Waals surface area (Å²) in [5, 5.41) is 4.00. The molecule has 0 radical (unpaired) electrons. The lowest BCUT2D eigenvalue weighted by Gasteiger charge is -2.15. The van der Waals surface area contributed by atoms with Gasteiger partial charge in [0.15, 0.2) is 0 Å². The number of rotatable bonds is 9. The first kappa shape index (κ1) is 22.6. The first-order valence-corrected chi connectivity index (χ1v) is 10.8. The largest absolute Gasteiger partial charge is 0.379 e. The van der Waals surface area contributed by atoms with Crippen LogP contribution in [0.2, 0.25) is 0 Å². The molecule has 7 nitrogen and oxygen atoms in total. The molecule has 1 saturated heterocycles. The van der Waals surface area contributed by atoms with Gasteiger partial charge in [0.25, 0.3) is 0 Å². The van der Waals surface area contributed by atoms with Crippen molar-refractivity contribution in [1.29, 1.82) is 0 Å². The molecular weight excluding hydrogens is 416 g/mol. The molecule has 1 N–H and O–H groups in total. The maximum Gasteiger partial charge on any atom is 0.345 e. The van der Waals surface area contributed by atoms with Gasteiger partial charge in [-0.3, -0.25) is 0 Å². The van der Waals surface area contributed by atoms with E-state index in [9.17, 15) is 8.78 Å². The van der Waals surface area contributed by atoms with Crippen molar-refractivity contribution in [3.8, 4) is 11.1 Å². The van der Waals surface area contributed by atoms with Gasteiger partial charge in [-0.1, -0.05) is 24.3 Å². The van der Waals surface area contributed by atoms with Crippen LogP contribution in [0.3, 0.4) is 0 Å². The predicted molar refractivity (Wildman–Crippen MR) is 120 cm³/mol. The van der Waals surface area contributed by atoms with Crippen molar-refractivity contribution in [2.75, 3.05) is 39.2 Å². The van der Waals surface area contributed by atoms with Crippen molar-refractivity contribution < 1.29 is 18.3 Å². The highest BCUT2D eigenvalue weighted by molar-refractivity contribution is 5.94. The van der Waals surface area contributed by atoms with Gasteiger partial charge in [-0.15, -0.1) is 0 Å². The van der Waals surface area contributed by atoms with E-state index >= 15 is 0 Å². The standard InChI is InChI=1S/C23H29F2N5O2/c1-15(13-32-22(24)25)27-23-26-10-19-20(17-6-4-16(5-7-17)11-29(2)3)12-30(21(19)28-23)18-8-9-31-14-18/h4-7,10,12,15,18,22H,8-9,11,13-14H2,1-3H3,(H,26,27,28)/t15-,18-/m0/s1. The lowest BCUT2D eigenvalue weighted by atomic mass is 10.0. The SMILES string of the molecule is C[C@@H](COC(F)F)Nc1ncc2c(-c3ccc(CN(C)C)cc3)cn([C@H]3CCOC3)c2n1. The summed E-state index contributed by atoms with van der Waals surface area (Å²) in [6, 6.07) is 8.36. The maximum absolute atomic E-state index is 12.3. The number of aromatic nitrogens is 3. The van der Waals surface area contributed by atoms with Crippen LogP contribution >= 0.6 is 0 Å². The van der Waals surface area contributed by atoms with Crippen LogP contribution in [-0.4, -0.2) is 66.0 Å². The molecule has 0 bridgehead atoms. The molecule has 2 atom stereocenters. The van der Waals surface area contributed by atoms with Crippen molar-refractivity contribution in [3.05, 3.63) is 42.2 Å². The van der Waals surface area contributed by atoms with Gasteiger partial charge in [0.1, 0.15) is 5.65 Å². The molecule has 32 heavy (non-hydrogen) atoms.